The van der Waals surface area contributed by atoms with Crippen LogP contribution in [0.5, 0.6) is 0 Å². The van der Waals surface area contributed by atoms with Crippen LogP contribution in [0.2, 0.25) is 0 Å². The van der Waals surface area contributed by atoms with Crippen molar-refractivity contribution in [1.82, 2.24) is 5.32 Å². The molecule has 2 N–H and O–H groups in total. The summed E-state index contributed by atoms with van der Waals surface area (Å²) < 4.78 is 5.49. The van der Waals surface area contributed by atoms with E-state index in [1.807, 2.05) is 30.3 Å². The van der Waals surface area contributed by atoms with Crippen LogP contribution in [0.4, 0.5) is 5.69 Å². The van der Waals surface area contributed by atoms with Crippen LogP contribution in [0.1, 0.15) is 21.5 Å². The maximum absolute atomic E-state index is 12.4. The molecule has 0 unspecified atom stereocenters. The van der Waals surface area contributed by atoms with Gasteiger partial charge in [0.25, 0.3) is 11.8 Å². The second kappa shape index (κ2) is 5.96. The van der Waals surface area contributed by atoms with Crippen LogP contribution in [-0.2, 0) is 9.53 Å². The fourth-order valence-electron chi connectivity index (χ4n) is 2.64. The lowest BCUT2D eigenvalue weighted by molar-refractivity contribution is -0.110. The summed E-state index contributed by atoms with van der Waals surface area (Å²) in [5.41, 5.74) is 3.12. The molecule has 0 saturated heterocycles. The monoisotopic (exact) mass is 308 g/mol. The maximum Gasteiger partial charge on any atom is 0.260 e. The van der Waals surface area contributed by atoms with Crippen LogP contribution in [0.3, 0.4) is 0 Å². The Hall–Kier alpha value is -3.08. The van der Waals surface area contributed by atoms with Crippen molar-refractivity contribution in [3.8, 4) is 0 Å². The second-order valence-corrected chi connectivity index (χ2v) is 5.07. The van der Waals surface area contributed by atoms with E-state index in [0.717, 1.165) is 11.1 Å². The molecule has 0 aromatic heterocycles. The van der Waals surface area contributed by atoms with Crippen molar-refractivity contribution in [3.05, 3.63) is 65.2 Å². The zero-order valence-corrected chi connectivity index (χ0v) is 12.8. The van der Waals surface area contributed by atoms with Crippen molar-refractivity contribution < 1.29 is 14.3 Å². The molecule has 0 atom stereocenters. The van der Waals surface area contributed by atoms with Gasteiger partial charge in [-0.05, 0) is 12.1 Å². The highest BCUT2D eigenvalue weighted by Gasteiger charge is 2.29. The predicted molar refractivity (Wildman–Crippen MR) is 88.7 cm³/mol. The Morgan fingerprint density at radius 2 is 1.83 bits per heavy atom. The van der Waals surface area contributed by atoms with Crippen molar-refractivity contribution in [3.63, 3.8) is 0 Å². The molecule has 0 saturated carbocycles. The lowest BCUT2D eigenvalue weighted by Crippen LogP contribution is -2.17. The fourth-order valence-corrected chi connectivity index (χ4v) is 2.64. The van der Waals surface area contributed by atoms with Crippen molar-refractivity contribution in [1.29, 1.82) is 0 Å². The third-order valence-electron chi connectivity index (χ3n) is 3.72. The molecule has 3 rings (SSSR count). The number of amides is 2. The molecule has 1 aliphatic heterocycles. The summed E-state index contributed by atoms with van der Waals surface area (Å²) in [6.45, 7) is 0. The van der Waals surface area contributed by atoms with Crippen molar-refractivity contribution in [2.45, 2.75) is 0 Å². The molecule has 2 amide bonds. The molecule has 23 heavy (non-hydrogen) atoms. The number of anilines is 1. The molecule has 2 aromatic rings. The molecule has 5 nitrogen and oxygen atoms in total. The minimum atomic E-state index is -0.241. The summed E-state index contributed by atoms with van der Waals surface area (Å²) in [7, 11) is 3.11. The number of hydrogen-bond donors (Lipinski definition) is 2. The molecule has 0 radical (unpaired) electrons. The van der Waals surface area contributed by atoms with E-state index in [9.17, 15) is 9.59 Å². The van der Waals surface area contributed by atoms with Gasteiger partial charge >= 0.3 is 0 Å². The van der Waals surface area contributed by atoms with Gasteiger partial charge in [-0.25, -0.2) is 0 Å². The molecule has 5 heteroatoms. The van der Waals surface area contributed by atoms with Gasteiger partial charge in [0.1, 0.15) is 5.76 Å². The molecule has 2 aromatic carbocycles. The van der Waals surface area contributed by atoms with E-state index in [0.29, 0.717) is 22.6 Å². The quantitative estimate of drug-likeness (QED) is 0.676. The Labute approximate surface area is 134 Å². The van der Waals surface area contributed by atoms with E-state index >= 15 is 0 Å². The third-order valence-corrected chi connectivity index (χ3v) is 3.72. The lowest BCUT2D eigenvalue weighted by Gasteiger charge is -2.10. The van der Waals surface area contributed by atoms with Gasteiger partial charge in [-0.1, -0.05) is 36.4 Å². The smallest absolute Gasteiger partial charge is 0.260 e. The van der Waals surface area contributed by atoms with E-state index in [2.05, 4.69) is 10.6 Å². The number of carbonyl (C=O) groups is 2. The SMILES string of the molecule is CNC(=O)c1ccc2c(c1)NC(=O)C2=C(OC)c1ccccc1. The maximum atomic E-state index is 12.4. The summed E-state index contributed by atoms with van der Waals surface area (Å²) in [6, 6.07) is 14.6. The average Bonchev–Trinajstić information content (AvgIpc) is 2.91. The number of fused-ring (bicyclic) bond motifs is 1. The van der Waals surface area contributed by atoms with Crippen LogP contribution >= 0.6 is 0 Å². The van der Waals surface area contributed by atoms with Gasteiger partial charge < -0.3 is 15.4 Å². The van der Waals surface area contributed by atoms with Crippen LogP contribution in [0.25, 0.3) is 11.3 Å². The van der Waals surface area contributed by atoms with Crippen LogP contribution in [0, 0.1) is 0 Å². The van der Waals surface area contributed by atoms with E-state index < -0.39 is 0 Å². The standard InChI is InChI=1S/C18H16N2O3/c1-19-17(21)12-8-9-13-14(10-12)20-18(22)15(13)16(23-2)11-6-4-3-5-7-11/h3-10H,1-2H3,(H,19,21)(H,20,22). The molecule has 1 aliphatic rings. The summed E-state index contributed by atoms with van der Waals surface area (Å²) in [5.74, 6) is 0.0683. The minimum absolute atomic E-state index is 0.200. The lowest BCUT2D eigenvalue weighted by atomic mass is 10.0. The van der Waals surface area contributed by atoms with Crippen molar-refractivity contribution in [2.24, 2.45) is 0 Å². The molecule has 0 spiro atoms. The number of nitrogens with one attached hydrogen (secondary N) is 2. The normalized spacial score (nSPS) is 14.8. The van der Waals surface area contributed by atoms with E-state index in [1.165, 1.54) is 0 Å². The minimum Gasteiger partial charge on any atom is -0.495 e. The highest BCUT2D eigenvalue weighted by Crippen LogP contribution is 2.37. The summed E-state index contributed by atoms with van der Waals surface area (Å²) in [6.07, 6.45) is 0. The first kappa shape index (κ1) is 14.8. The highest BCUT2D eigenvalue weighted by molar-refractivity contribution is 6.36. The van der Waals surface area contributed by atoms with Crippen LogP contribution in [-0.4, -0.2) is 26.0 Å². The largest absolute Gasteiger partial charge is 0.495 e. The first-order valence-electron chi connectivity index (χ1n) is 7.17. The van der Waals surface area contributed by atoms with Crippen molar-refractivity contribution in [2.75, 3.05) is 19.5 Å². The molecule has 116 valence electrons. The van der Waals surface area contributed by atoms with Gasteiger partial charge in [-0.3, -0.25) is 9.59 Å². The molecule has 0 bridgehead atoms. The topological polar surface area (TPSA) is 67.4 Å². The Balaban J connectivity index is 2.15. The van der Waals surface area contributed by atoms with Crippen LogP contribution < -0.4 is 10.6 Å². The van der Waals surface area contributed by atoms with Crippen molar-refractivity contribution >= 4 is 28.8 Å². The number of benzene rings is 2. The van der Waals surface area contributed by atoms with Gasteiger partial charge in [-0.15, -0.1) is 0 Å². The number of carbonyl (C=O) groups excluding carboxylic acids is 2. The summed E-state index contributed by atoms with van der Waals surface area (Å²) in [5, 5.41) is 5.36. The van der Waals surface area contributed by atoms with Gasteiger partial charge in [0.05, 0.1) is 18.4 Å². The Morgan fingerprint density at radius 3 is 2.48 bits per heavy atom. The second-order valence-electron chi connectivity index (χ2n) is 5.07. The third kappa shape index (κ3) is 2.57. The Kier molecular flexibility index (Phi) is 3.85. The van der Waals surface area contributed by atoms with Gasteiger partial charge in [0.15, 0.2) is 0 Å². The van der Waals surface area contributed by atoms with Gasteiger partial charge in [0, 0.05) is 23.7 Å². The zero-order valence-electron chi connectivity index (χ0n) is 12.8. The zero-order chi connectivity index (χ0) is 16.4. The average molecular weight is 308 g/mol. The molecule has 0 aliphatic carbocycles. The van der Waals surface area contributed by atoms with E-state index in [1.54, 1.807) is 32.4 Å². The Bertz CT molecular complexity index is 810. The molecule has 0 fully saturated rings. The van der Waals surface area contributed by atoms with E-state index in [4.69, 9.17) is 4.74 Å². The number of ether oxygens (including phenoxy) is 1. The summed E-state index contributed by atoms with van der Waals surface area (Å²) in [4.78, 5) is 24.1. The molecule has 1 heterocycles. The Morgan fingerprint density at radius 1 is 1.09 bits per heavy atom. The number of rotatable bonds is 3. The van der Waals surface area contributed by atoms with Gasteiger partial charge in [-0.2, -0.15) is 0 Å². The predicted octanol–water partition coefficient (Wildman–Crippen LogP) is 2.51. The number of methoxy groups -OCH3 is 1. The van der Waals surface area contributed by atoms with Crippen LogP contribution in [0.15, 0.2) is 48.5 Å². The first-order chi connectivity index (χ1) is 11.2. The van der Waals surface area contributed by atoms with Gasteiger partial charge in [0.2, 0.25) is 0 Å². The highest BCUT2D eigenvalue weighted by atomic mass is 16.5. The number of hydrogen-bond acceptors (Lipinski definition) is 3. The van der Waals surface area contributed by atoms with E-state index in [-0.39, 0.29) is 11.8 Å². The first-order valence-corrected chi connectivity index (χ1v) is 7.17. The summed E-state index contributed by atoms with van der Waals surface area (Å²) >= 11 is 0. The molecular formula is C18H16N2O3. The molecular weight excluding hydrogens is 292 g/mol. The fraction of sp³-hybridized carbons (Fsp3) is 0.111.